The third kappa shape index (κ3) is 3.54. The Balaban J connectivity index is 2.15. The van der Waals surface area contributed by atoms with Crippen molar-refractivity contribution in [2.75, 3.05) is 13.7 Å². The van der Waals surface area contributed by atoms with Gasteiger partial charge in [-0.05, 0) is 31.5 Å². The smallest absolute Gasteiger partial charge is 0.416 e. The molecule has 0 aliphatic carbocycles. The first-order chi connectivity index (χ1) is 13.2. The fourth-order valence-corrected chi connectivity index (χ4v) is 3.08. The molecule has 0 fully saturated rings. The van der Waals surface area contributed by atoms with Gasteiger partial charge in [-0.2, -0.15) is 23.3 Å². The minimum absolute atomic E-state index is 0.127. The van der Waals surface area contributed by atoms with Crippen LogP contribution in [0.4, 0.5) is 13.2 Å². The maximum Gasteiger partial charge on any atom is 0.416 e. The Morgan fingerprint density at radius 1 is 1.14 bits per heavy atom. The van der Waals surface area contributed by atoms with E-state index in [1.807, 2.05) is 13.8 Å². The van der Waals surface area contributed by atoms with Crippen molar-refractivity contribution in [2.24, 2.45) is 0 Å². The number of aryl methyl sites for hydroxylation is 1. The summed E-state index contributed by atoms with van der Waals surface area (Å²) in [6, 6.07) is 4.58. The number of fused-ring (bicyclic) bond motifs is 1. The summed E-state index contributed by atoms with van der Waals surface area (Å²) in [4.78, 5) is 8.76. The highest BCUT2D eigenvalue weighted by Gasteiger charge is 2.30. The highest BCUT2D eigenvalue weighted by molar-refractivity contribution is 5.84. The molecule has 1 aromatic carbocycles. The topological polar surface area (TPSA) is 73.1 Å². The first kappa shape index (κ1) is 20.1. The lowest BCUT2D eigenvalue weighted by Crippen LogP contribution is -2.11. The number of hydrogen-bond acceptors (Lipinski definition) is 5. The average Bonchev–Trinajstić information content (AvgIpc) is 3.04. The molecule has 3 aromatic rings. The summed E-state index contributed by atoms with van der Waals surface area (Å²) in [6.45, 7) is 5.23. The van der Waals surface area contributed by atoms with E-state index in [1.165, 1.54) is 19.2 Å². The van der Waals surface area contributed by atoms with Gasteiger partial charge in [-0.15, -0.1) is 0 Å². The molecule has 28 heavy (non-hydrogen) atoms. The van der Waals surface area contributed by atoms with Crippen molar-refractivity contribution in [3.05, 3.63) is 46.9 Å². The average molecular weight is 394 g/mol. The van der Waals surface area contributed by atoms with E-state index in [0.29, 0.717) is 34.0 Å². The molecule has 6 nitrogen and oxygen atoms in total. The number of hydrogen-bond donors (Lipinski definition) is 1. The van der Waals surface area contributed by atoms with Crippen LogP contribution < -0.4 is 4.74 Å². The Hall–Kier alpha value is -2.68. The van der Waals surface area contributed by atoms with E-state index in [9.17, 15) is 18.3 Å². The summed E-state index contributed by atoms with van der Waals surface area (Å²) in [6.07, 6.45) is -4.39. The van der Waals surface area contributed by atoms with Crippen LogP contribution in [0.25, 0.3) is 11.0 Å². The molecule has 150 valence electrons. The Morgan fingerprint density at radius 3 is 2.32 bits per heavy atom. The van der Waals surface area contributed by atoms with Crippen LogP contribution in [0.3, 0.4) is 0 Å². The molecule has 1 unspecified atom stereocenters. The van der Waals surface area contributed by atoms with E-state index in [1.54, 1.807) is 11.6 Å². The van der Waals surface area contributed by atoms with Crippen molar-refractivity contribution in [1.29, 1.82) is 0 Å². The first-order valence-corrected chi connectivity index (χ1v) is 8.76. The number of aromatic nitrogens is 4. The normalized spacial score (nSPS) is 14.3. The van der Waals surface area contributed by atoms with E-state index in [-0.39, 0.29) is 18.6 Å². The Morgan fingerprint density at radius 2 is 1.79 bits per heavy atom. The summed E-state index contributed by atoms with van der Waals surface area (Å²) in [5.41, 5.74) is 1.03. The molecule has 0 radical (unpaired) electrons. The maximum absolute atomic E-state index is 12.8. The molecule has 0 aliphatic rings. The number of halogens is 3. The second kappa shape index (κ2) is 7.38. The molecule has 0 bridgehead atoms. The number of rotatable bonds is 5. The van der Waals surface area contributed by atoms with Gasteiger partial charge in [0.05, 0.1) is 31.0 Å². The second-order valence-electron chi connectivity index (χ2n) is 6.69. The number of ether oxygens (including phenoxy) is 1. The van der Waals surface area contributed by atoms with Gasteiger partial charge in [-0.3, -0.25) is 0 Å². The Bertz CT molecular complexity index is 983. The third-order valence-electron chi connectivity index (χ3n) is 4.68. The van der Waals surface area contributed by atoms with Crippen molar-refractivity contribution < 1.29 is 23.0 Å². The van der Waals surface area contributed by atoms with Crippen LogP contribution in [0.1, 0.15) is 48.5 Å². The summed E-state index contributed by atoms with van der Waals surface area (Å²) in [5, 5.41) is 14.8. The van der Waals surface area contributed by atoms with Crippen LogP contribution in [0.2, 0.25) is 0 Å². The van der Waals surface area contributed by atoms with Crippen molar-refractivity contribution in [3.63, 3.8) is 0 Å². The van der Waals surface area contributed by atoms with Crippen LogP contribution >= 0.6 is 0 Å². The van der Waals surface area contributed by atoms with Gasteiger partial charge in [0.25, 0.3) is 0 Å². The molecule has 3 rings (SSSR count). The maximum atomic E-state index is 12.8. The first-order valence-electron chi connectivity index (χ1n) is 8.76. The van der Waals surface area contributed by atoms with Gasteiger partial charge in [-0.25, -0.2) is 9.67 Å². The lowest BCUT2D eigenvalue weighted by Gasteiger charge is -2.15. The Kier molecular flexibility index (Phi) is 5.29. The van der Waals surface area contributed by atoms with E-state index >= 15 is 0 Å². The van der Waals surface area contributed by atoms with Crippen molar-refractivity contribution in [3.8, 4) is 5.88 Å². The fourth-order valence-electron chi connectivity index (χ4n) is 3.08. The SMILES string of the molecule is COc1nc(C)nc2c1c(C(C)CO)nn2[C@@H](C)c1ccc(C(F)(F)F)cc1. The molecule has 0 amide bonds. The predicted molar refractivity (Wildman–Crippen MR) is 97.4 cm³/mol. The number of benzene rings is 1. The molecule has 1 N–H and O–H groups in total. The minimum atomic E-state index is -4.39. The zero-order valence-electron chi connectivity index (χ0n) is 15.9. The number of aliphatic hydroxyl groups is 1. The molecule has 2 heterocycles. The molecule has 0 spiro atoms. The molecule has 2 aromatic heterocycles. The molecular formula is C19H21F3N4O2. The van der Waals surface area contributed by atoms with Gasteiger partial charge in [0.1, 0.15) is 11.2 Å². The molecule has 0 aliphatic heterocycles. The number of nitrogens with zero attached hydrogens (tertiary/aromatic N) is 4. The second-order valence-corrected chi connectivity index (χ2v) is 6.69. The van der Waals surface area contributed by atoms with Crippen LogP contribution in [0, 0.1) is 6.92 Å². The van der Waals surface area contributed by atoms with E-state index < -0.39 is 11.7 Å². The summed E-state index contributed by atoms with van der Waals surface area (Å²) < 4.78 is 45.5. The summed E-state index contributed by atoms with van der Waals surface area (Å²) in [5.74, 6) is 0.542. The lowest BCUT2D eigenvalue weighted by atomic mass is 10.1. The zero-order valence-corrected chi connectivity index (χ0v) is 15.9. The highest BCUT2D eigenvalue weighted by atomic mass is 19.4. The molecule has 9 heteroatoms. The van der Waals surface area contributed by atoms with Crippen molar-refractivity contribution >= 4 is 11.0 Å². The predicted octanol–water partition coefficient (Wildman–Crippen LogP) is 3.87. The van der Waals surface area contributed by atoms with Gasteiger partial charge in [0.15, 0.2) is 5.65 Å². The van der Waals surface area contributed by atoms with Crippen molar-refractivity contribution in [1.82, 2.24) is 19.7 Å². The summed E-state index contributed by atoms with van der Waals surface area (Å²) in [7, 11) is 1.49. The third-order valence-corrected chi connectivity index (χ3v) is 4.68. The molecule has 0 saturated carbocycles. The van der Waals surface area contributed by atoms with Gasteiger partial charge in [0.2, 0.25) is 5.88 Å². The molecule has 2 atom stereocenters. The Labute approximate surface area is 160 Å². The standard InChI is InChI=1S/C19H21F3N4O2/c1-10(9-27)16-15-17(23-12(3)24-18(15)28-4)26(25-16)11(2)13-5-7-14(8-6-13)19(20,21)22/h5-8,10-11,27H,9H2,1-4H3/t10?,11-/m0/s1. The lowest BCUT2D eigenvalue weighted by molar-refractivity contribution is -0.137. The van der Waals surface area contributed by atoms with Gasteiger partial charge in [-0.1, -0.05) is 19.1 Å². The number of aliphatic hydroxyl groups excluding tert-OH is 1. The van der Waals surface area contributed by atoms with E-state index in [0.717, 1.165) is 12.1 Å². The number of methoxy groups -OCH3 is 1. The van der Waals surface area contributed by atoms with Gasteiger partial charge in [0, 0.05) is 5.92 Å². The van der Waals surface area contributed by atoms with Crippen LogP contribution in [-0.4, -0.2) is 38.6 Å². The van der Waals surface area contributed by atoms with E-state index in [2.05, 4.69) is 15.1 Å². The largest absolute Gasteiger partial charge is 0.480 e. The van der Waals surface area contributed by atoms with Crippen LogP contribution in [-0.2, 0) is 6.18 Å². The highest BCUT2D eigenvalue weighted by Crippen LogP contribution is 2.34. The number of alkyl halides is 3. The van der Waals surface area contributed by atoms with Crippen LogP contribution in [0.5, 0.6) is 5.88 Å². The minimum Gasteiger partial charge on any atom is -0.480 e. The monoisotopic (exact) mass is 394 g/mol. The zero-order chi connectivity index (χ0) is 20.6. The molecular weight excluding hydrogens is 373 g/mol. The van der Waals surface area contributed by atoms with Crippen molar-refractivity contribution in [2.45, 2.75) is 38.9 Å². The van der Waals surface area contributed by atoms with Crippen LogP contribution in [0.15, 0.2) is 24.3 Å². The summed E-state index contributed by atoms with van der Waals surface area (Å²) >= 11 is 0. The molecule has 0 saturated heterocycles. The van der Waals surface area contributed by atoms with E-state index in [4.69, 9.17) is 4.74 Å². The van der Waals surface area contributed by atoms with Gasteiger partial charge >= 0.3 is 6.18 Å². The fraction of sp³-hybridized carbons (Fsp3) is 0.421. The quantitative estimate of drug-likeness (QED) is 0.711. The van der Waals surface area contributed by atoms with Gasteiger partial charge < -0.3 is 9.84 Å².